The number of hydrogen-bond donors (Lipinski definition) is 3. The topological polar surface area (TPSA) is 79.2 Å². The van der Waals surface area contributed by atoms with Crippen LogP contribution in [0.4, 0.5) is 0 Å². The first kappa shape index (κ1) is 26.6. The van der Waals surface area contributed by atoms with E-state index in [1.165, 1.54) is 70.6 Å². The Bertz CT molecular complexity index is 387. The first-order valence-electron chi connectivity index (χ1n) is 12.1. The molecule has 0 radical (unpaired) electrons. The number of hydrogen-bond acceptors (Lipinski definition) is 5. The highest BCUT2D eigenvalue weighted by atomic mass is 16.6. The van der Waals surface area contributed by atoms with Crippen LogP contribution in [-0.2, 0) is 9.47 Å². The molecule has 3 N–H and O–H groups in total. The van der Waals surface area contributed by atoms with Crippen molar-refractivity contribution < 1.29 is 24.8 Å². The van der Waals surface area contributed by atoms with Crippen LogP contribution in [0.1, 0.15) is 96.8 Å². The molecule has 1 aliphatic rings. The van der Waals surface area contributed by atoms with Crippen molar-refractivity contribution in [3.05, 3.63) is 12.2 Å². The van der Waals surface area contributed by atoms with E-state index in [0.29, 0.717) is 6.61 Å². The van der Waals surface area contributed by atoms with Crippen LogP contribution in [0.3, 0.4) is 0 Å². The van der Waals surface area contributed by atoms with E-state index in [1.807, 2.05) is 0 Å². The van der Waals surface area contributed by atoms with Gasteiger partial charge in [0.1, 0.15) is 24.4 Å². The molecule has 0 aromatic heterocycles. The zero-order valence-corrected chi connectivity index (χ0v) is 18.6. The molecule has 1 saturated heterocycles. The molecule has 0 amide bonds. The molecule has 0 aromatic rings. The molecule has 1 aliphatic heterocycles. The largest absolute Gasteiger partial charge is 0.394 e. The SMILES string of the molecule is CC/C=C/CCCCCCCCCCCCCCO[C@@H](CO)[C@@H]1OC[C@@H](O)[C@@H]1O. The summed E-state index contributed by atoms with van der Waals surface area (Å²) in [4.78, 5) is 0. The van der Waals surface area contributed by atoms with Gasteiger partial charge in [0.2, 0.25) is 0 Å². The van der Waals surface area contributed by atoms with Gasteiger partial charge in [-0.1, -0.05) is 83.3 Å². The quantitative estimate of drug-likeness (QED) is 0.214. The number of unbranched alkanes of at least 4 members (excludes halogenated alkanes) is 12. The van der Waals surface area contributed by atoms with E-state index in [-0.39, 0.29) is 13.2 Å². The summed E-state index contributed by atoms with van der Waals surface area (Å²) in [5, 5.41) is 28.8. The third kappa shape index (κ3) is 12.7. The Morgan fingerprint density at radius 3 is 1.90 bits per heavy atom. The fourth-order valence-corrected chi connectivity index (χ4v) is 3.86. The van der Waals surface area contributed by atoms with Crippen LogP contribution >= 0.6 is 0 Å². The van der Waals surface area contributed by atoms with Crippen molar-refractivity contribution in [3.63, 3.8) is 0 Å². The zero-order chi connectivity index (χ0) is 21.2. The predicted octanol–water partition coefficient (Wildman–Crippen LogP) is 4.52. The second-order valence-electron chi connectivity index (χ2n) is 8.36. The summed E-state index contributed by atoms with van der Waals surface area (Å²) >= 11 is 0. The molecular weight excluding hydrogens is 368 g/mol. The lowest BCUT2D eigenvalue weighted by molar-refractivity contribution is -0.101. The second-order valence-corrected chi connectivity index (χ2v) is 8.36. The van der Waals surface area contributed by atoms with E-state index in [0.717, 1.165) is 19.3 Å². The Hall–Kier alpha value is -0.460. The van der Waals surface area contributed by atoms with Crippen molar-refractivity contribution in [1.82, 2.24) is 0 Å². The number of rotatable bonds is 19. The lowest BCUT2D eigenvalue weighted by atomic mass is 10.0. The average Bonchev–Trinajstić information content (AvgIpc) is 3.06. The van der Waals surface area contributed by atoms with Gasteiger partial charge in [-0.15, -0.1) is 0 Å². The summed E-state index contributed by atoms with van der Waals surface area (Å²) in [6, 6.07) is 0. The van der Waals surface area contributed by atoms with Gasteiger partial charge in [0.05, 0.1) is 13.2 Å². The molecule has 1 rings (SSSR count). The van der Waals surface area contributed by atoms with Gasteiger partial charge in [0.25, 0.3) is 0 Å². The monoisotopic (exact) mass is 414 g/mol. The molecule has 0 unspecified atom stereocenters. The lowest BCUT2D eigenvalue weighted by Crippen LogP contribution is -2.42. The highest BCUT2D eigenvalue weighted by Crippen LogP contribution is 2.20. The van der Waals surface area contributed by atoms with Gasteiger partial charge in [-0.2, -0.15) is 0 Å². The van der Waals surface area contributed by atoms with Crippen molar-refractivity contribution in [1.29, 1.82) is 0 Å². The Morgan fingerprint density at radius 2 is 1.41 bits per heavy atom. The van der Waals surface area contributed by atoms with Crippen molar-refractivity contribution in [2.45, 2.75) is 121 Å². The van der Waals surface area contributed by atoms with Crippen LogP contribution in [0.5, 0.6) is 0 Å². The highest BCUT2D eigenvalue weighted by molar-refractivity contribution is 4.88. The minimum Gasteiger partial charge on any atom is -0.394 e. The molecular formula is C24H46O5. The molecule has 0 spiro atoms. The number of allylic oxidation sites excluding steroid dienone is 2. The maximum absolute atomic E-state index is 9.83. The highest BCUT2D eigenvalue weighted by Gasteiger charge is 2.40. The van der Waals surface area contributed by atoms with Crippen LogP contribution in [0.25, 0.3) is 0 Å². The van der Waals surface area contributed by atoms with Crippen molar-refractivity contribution >= 4 is 0 Å². The predicted molar refractivity (Wildman–Crippen MR) is 118 cm³/mol. The summed E-state index contributed by atoms with van der Waals surface area (Å²) in [5.74, 6) is 0. The van der Waals surface area contributed by atoms with Gasteiger partial charge in [0.15, 0.2) is 0 Å². The van der Waals surface area contributed by atoms with E-state index in [2.05, 4.69) is 19.1 Å². The third-order valence-electron chi connectivity index (χ3n) is 5.74. The van der Waals surface area contributed by atoms with E-state index < -0.39 is 24.4 Å². The second kappa shape index (κ2) is 18.3. The van der Waals surface area contributed by atoms with Crippen LogP contribution in [-0.4, -0.2) is 59.6 Å². The third-order valence-corrected chi connectivity index (χ3v) is 5.74. The standard InChI is InChI=1S/C24H46O5/c1-2-3-4-5-6-7-8-9-10-11-12-13-14-15-16-17-18-28-22(19-25)24-23(27)21(26)20-29-24/h3-4,21-27H,2,5-20H2,1H3/b4-3+/t21-,22+,23+,24+/m1/s1. The number of ether oxygens (including phenoxy) is 2. The van der Waals surface area contributed by atoms with Gasteiger partial charge in [-0.3, -0.25) is 0 Å². The molecule has 1 fully saturated rings. The first-order chi connectivity index (χ1) is 14.2. The molecule has 0 aromatic carbocycles. The molecule has 5 nitrogen and oxygen atoms in total. The Labute approximate surface area is 178 Å². The Kier molecular flexibility index (Phi) is 16.8. The molecule has 5 heteroatoms. The fourth-order valence-electron chi connectivity index (χ4n) is 3.86. The van der Waals surface area contributed by atoms with Crippen LogP contribution in [0.15, 0.2) is 12.2 Å². The number of aliphatic hydroxyl groups is 3. The van der Waals surface area contributed by atoms with Crippen molar-refractivity contribution in [2.75, 3.05) is 19.8 Å². The molecule has 0 saturated carbocycles. The first-order valence-corrected chi connectivity index (χ1v) is 12.1. The summed E-state index contributed by atoms with van der Waals surface area (Å²) in [5.41, 5.74) is 0. The van der Waals surface area contributed by atoms with Crippen LogP contribution in [0.2, 0.25) is 0 Å². The van der Waals surface area contributed by atoms with Gasteiger partial charge >= 0.3 is 0 Å². The van der Waals surface area contributed by atoms with Gasteiger partial charge < -0.3 is 24.8 Å². The molecule has 29 heavy (non-hydrogen) atoms. The molecule has 172 valence electrons. The summed E-state index contributed by atoms with van der Waals surface area (Å²) in [7, 11) is 0. The smallest absolute Gasteiger partial charge is 0.114 e. The van der Waals surface area contributed by atoms with Crippen molar-refractivity contribution in [2.24, 2.45) is 0 Å². The summed E-state index contributed by atoms with van der Waals surface area (Å²) < 4.78 is 11.0. The van der Waals surface area contributed by atoms with E-state index in [1.54, 1.807) is 0 Å². The average molecular weight is 415 g/mol. The molecule has 1 heterocycles. The fraction of sp³-hybridized carbons (Fsp3) is 0.917. The van der Waals surface area contributed by atoms with Gasteiger partial charge in [-0.05, 0) is 25.7 Å². The Morgan fingerprint density at radius 1 is 0.862 bits per heavy atom. The maximum atomic E-state index is 9.83. The van der Waals surface area contributed by atoms with E-state index in [9.17, 15) is 15.3 Å². The van der Waals surface area contributed by atoms with Crippen LogP contribution in [0, 0.1) is 0 Å². The van der Waals surface area contributed by atoms with Crippen LogP contribution < -0.4 is 0 Å². The molecule has 4 atom stereocenters. The van der Waals surface area contributed by atoms with E-state index >= 15 is 0 Å². The van der Waals surface area contributed by atoms with Gasteiger partial charge in [0, 0.05) is 6.61 Å². The minimum absolute atomic E-state index is 0.0995. The molecule has 0 bridgehead atoms. The summed E-state index contributed by atoms with van der Waals surface area (Å²) in [6.45, 7) is 2.64. The van der Waals surface area contributed by atoms with E-state index in [4.69, 9.17) is 9.47 Å². The van der Waals surface area contributed by atoms with Gasteiger partial charge in [-0.25, -0.2) is 0 Å². The zero-order valence-electron chi connectivity index (χ0n) is 18.6. The summed E-state index contributed by atoms with van der Waals surface area (Å²) in [6.07, 6.45) is 19.4. The Balaban J connectivity index is 1.82. The molecule has 0 aliphatic carbocycles. The lowest BCUT2D eigenvalue weighted by Gasteiger charge is -2.24. The normalized spacial score (nSPS) is 23.2. The minimum atomic E-state index is -0.977. The van der Waals surface area contributed by atoms with Crippen molar-refractivity contribution in [3.8, 4) is 0 Å². The maximum Gasteiger partial charge on any atom is 0.114 e. The number of aliphatic hydroxyl groups excluding tert-OH is 3.